The highest BCUT2D eigenvalue weighted by Crippen LogP contribution is 2.42. The topological polar surface area (TPSA) is 49.5 Å². The van der Waals surface area contributed by atoms with Crippen molar-refractivity contribution in [3.05, 3.63) is 29.8 Å². The average molecular weight is 275 g/mol. The molecular formula is C12H12F3NO3. The van der Waals surface area contributed by atoms with Crippen LogP contribution in [0.25, 0.3) is 0 Å². The van der Waals surface area contributed by atoms with Crippen molar-refractivity contribution in [3.8, 4) is 5.75 Å². The third-order valence-corrected chi connectivity index (χ3v) is 3.04. The van der Waals surface area contributed by atoms with Crippen molar-refractivity contribution in [1.82, 2.24) is 4.90 Å². The molecule has 1 aromatic carbocycles. The molecule has 3 atom stereocenters. The van der Waals surface area contributed by atoms with E-state index in [2.05, 4.69) is 0 Å². The van der Waals surface area contributed by atoms with Gasteiger partial charge in [0, 0.05) is 6.54 Å². The number of benzene rings is 1. The number of ether oxygens (including phenoxy) is 1. The molecule has 19 heavy (non-hydrogen) atoms. The van der Waals surface area contributed by atoms with Gasteiger partial charge in [0.1, 0.15) is 17.8 Å². The summed E-state index contributed by atoms with van der Waals surface area (Å²) in [4.78, 5) is 11.7. The van der Waals surface area contributed by atoms with Gasteiger partial charge in [-0.1, -0.05) is 12.1 Å². The highest BCUT2D eigenvalue weighted by molar-refractivity contribution is 5.78. The molecule has 1 N–H and O–H groups in total. The van der Waals surface area contributed by atoms with Crippen LogP contribution in [0.15, 0.2) is 24.3 Å². The average Bonchev–Trinajstić information content (AvgIpc) is 3.04. The fraction of sp³-hybridized carbons (Fsp3) is 0.417. The van der Waals surface area contributed by atoms with E-state index in [1.807, 2.05) is 0 Å². The number of methoxy groups -OCH3 is 1. The molecule has 7 heteroatoms. The van der Waals surface area contributed by atoms with E-state index in [9.17, 15) is 18.0 Å². The van der Waals surface area contributed by atoms with Crippen LogP contribution < -0.4 is 4.74 Å². The van der Waals surface area contributed by atoms with Crippen LogP contribution in [0.1, 0.15) is 5.56 Å². The molecule has 0 bridgehead atoms. The van der Waals surface area contributed by atoms with Crippen molar-refractivity contribution >= 4 is 5.97 Å². The molecule has 0 radical (unpaired) electrons. The summed E-state index contributed by atoms with van der Waals surface area (Å²) < 4.78 is 42.7. The van der Waals surface area contributed by atoms with Gasteiger partial charge in [0.2, 0.25) is 0 Å². The Kier molecular flexibility index (Phi) is 3.40. The standard InChI is InChI=1S/C12H12F3NO3/c1-19-8-4-2-7(3-5-8)6-16-9(11(17)18)10(16)12(13,14)15/h2-5,9-10H,6H2,1H3,(H,17,18)/t9?,10-,16?/m0/s1. The molecular weight excluding hydrogens is 263 g/mol. The summed E-state index contributed by atoms with van der Waals surface area (Å²) in [5.41, 5.74) is 0.610. The first-order chi connectivity index (χ1) is 8.84. The molecule has 0 amide bonds. The van der Waals surface area contributed by atoms with E-state index in [1.165, 1.54) is 7.11 Å². The van der Waals surface area contributed by atoms with Gasteiger partial charge in [-0.2, -0.15) is 13.2 Å². The van der Waals surface area contributed by atoms with Crippen LogP contribution in [-0.2, 0) is 11.3 Å². The Morgan fingerprint density at radius 3 is 2.32 bits per heavy atom. The predicted molar refractivity (Wildman–Crippen MR) is 59.8 cm³/mol. The second-order valence-electron chi connectivity index (χ2n) is 4.29. The van der Waals surface area contributed by atoms with Crippen LogP contribution in [0, 0.1) is 0 Å². The van der Waals surface area contributed by atoms with E-state index >= 15 is 0 Å². The molecule has 0 saturated carbocycles. The van der Waals surface area contributed by atoms with Gasteiger partial charge in [0.25, 0.3) is 0 Å². The minimum Gasteiger partial charge on any atom is -0.497 e. The molecule has 1 saturated heterocycles. The summed E-state index contributed by atoms with van der Waals surface area (Å²) in [7, 11) is 1.49. The summed E-state index contributed by atoms with van der Waals surface area (Å²) in [5.74, 6) is -0.854. The third-order valence-electron chi connectivity index (χ3n) is 3.04. The maximum atomic E-state index is 12.6. The number of hydrogen-bond donors (Lipinski definition) is 1. The number of halogens is 3. The van der Waals surface area contributed by atoms with Crippen molar-refractivity contribution in [2.24, 2.45) is 0 Å². The monoisotopic (exact) mass is 275 g/mol. The normalized spacial score (nSPS) is 26.0. The number of aliphatic carboxylic acids is 1. The summed E-state index contributed by atoms with van der Waals surface area (Å²) in [6.07, 6.45) is -4.52. The van der Waals surface area contributed by atoms with E-state index < -0.39 is 24.2 Å². The maximum Gasteiger partial charge on any atom is 0.406 e. The van der Waals surface area contributed by atoms with Crippen molar-refractivity contribution in [3.63, 3.8) is 0 Å². The fourth-order valence-corrected chi connectivity index (χ4v) is 2.06. The quantitative estimate of drug-likeness (QED) is 0.853. The molecule has 1 fully saturated rings. The summed E-state index contributed by atoms with van der Waals surface area (Å²) in [6, 6.07) is 3.09. The third kappa shape index (κ3) is 2.81. The summed E-state index contributed by atoms with van der Waals surface area (Å²) in [5, 5.41) is 8.76. The lowest BCUT2D eigenvalue weighted by Crippen LogP contribution is -2.23. The van der Waals surface area contributed by atoms with E-state index in [-0.39, 0.29) is 6.54 Å². The van der Waals surface area contributed by atoms with E-state index in [1.54, 1.807) is 24.3 Å². The smallest absolute Gasteiger partial charge is 0.406 e. The zero-order chi connectivity index (χ0) is 14.2. The Bertz CT molecular complexity index is 472. The van der Waals surface area contributed by atoms with Gasteiger partial charge in [-0.25, -0.2) is 0 Å². The van der Waals surface area contributed by atoms with Crippen LogP contribution in [-0.4, -0.2) is 41.3 Å². The fourth-order valence-electron chi connectivity index (χ4n) is 2.06. The number of rotatable bonds is 4. The van der Waals surface area contributed by atoms with Crippen LogP contribution >= 0.6 is 0 Å². The molecule has 2 unspecified atom stereocenters. The molecule has 104 valence electrons. The van der Waals surface area contributed by atoms with E-state index in [0.717, 1.165) is 4.90 Å². The largest absolute Gasteiger partial charge is 0.497 e. The highest BCUT2D eigenvalue weighted by atomic mass is 19.4. The van der Waals surface area contributed by atoms with E-state index in [0.29, 0.717) is 11.3 Å². The second-order valence-corrected chi connectivity index (χ2v) is 4.29. The Morgan fingerprint density at radius 2 is 1.95 bits per heavy atom. The van der Waals surface area contributed by atoms with Crippen molar-refractivity contribution in [2.45, 2.75) is 24.8 Å². The lowest BCUT2D eigenvalue weighted by molar-refractivity contribution is -0.145. The van der Waals surface area contributed by atoms with Gasteiger partial charge in [-0.05, 0) is 17.7 Å². The van der Waals surface area contributed by atoms with Crippen LogP contribution in [0.2, 0.25) is 0 Å². The van der Waals surface area contributed by atoms with Crippen LogP contribution in [0.3, 0.4) is 0 Å². The van der Waals surface area contributed by atoms with Gasteiger partial charge in [0.15, 0.2) is 0 Å². The van der Waals surface area contributed by atoms with Gasteiger partial charge in [-0.3, -0.25) is 9.69 Å². The lowest BCUT2D eigenvalue weighted by atomic mass is 10.2. The molecule has 4 nitrogen and oxygen atoms in total. The minimum absolute atomic E-state index is 0.0505. The molecule has 1 aliphatic heterocycles. The lowest BCUT2D eigenvalue weighted by Gasteiger charge is -2.07. The number of carboxylic acids is 1. The molecule has 1 aliphatic rings. The number of nitrogens with zero attached hydrogens (tertiary/aromatic N) is 1. The van der Waals surface area contributed by atoms with Gasteiger partial charge in [-0.15, -0.1) is 0 Å². The van der Waals surface area contributed by atoms with Gasteiger partial charge in [0.05, 0.1) is 7.11 Å². The SMILES string of the molecule is COc1ccc(CN2C(C(=O)O)[C@H]2C(F)(F)F)cc1. The summed E-state index contributed by atoms with van der Waals surface area (Å²) >= 11 is 0. The Morgan fingerprint density at radius 1 is 1.37 bits per heavy atom. The number of carboxylic acid groups (broad SMARTS) is 1. The highest BCUT2D eigenvalue weighted by Gasteiger charge is 2.66. The van der Waals surface area contributed by atoms with E-state index in [4.69, 9.17) is 9.84 Å². The Hall–Kier alpha value is -1.76. The van der Waals surface area contributed by atoms with Crippen molar-refractivity contribution in [1.29, 1.82) is 0 Å². The molecule has 0 aliphatic carbocycles. The van der Waals surface area contributed by atoms with Gasteiger partial charge < -0.3 is 9.84 Å². The first-order valence-electron chi connectivity index (χ1n) is 5.53. The predicted octanol–water partition coefficient (Wildman–Crippen LogP) is 1.89. The molecule has 1 heterocycles. The molecule has 2 rings (SSSR count). The first kappa shape index (κ1) is 13.7. The van der Waals surface area contributed by atoms with Crippen molar-refractivity contribution in [2.75, 3.05) is 7.11 Å². The number of hydrogen-bond acceptors (Lipinski definition) is 3. The van der Waals surface area contributed by atoms with Crippen molar-refractivity contribution < 1.29 is 27.8 Å². The zero-order valence-electron chi connectivity index (χ0n) is 10.0. The Balaban J connectivity index is 2.08. The molecule has 1 aromatic rings. The second kappa shape index (κ2) is 4.73. The zero-order valence-corrected chi connectivity index (χ0v) is 10.0. The van der Waals surface area contributed by atoms with Crippen LogP contribution in [0.5, 0.6) is 5.75 Å². The minimum atomic E-state index is -4.52. The maximum absolute atomic E-state index is 12.6. The molecule has 0 spiro atoms. The first-order valence-corrected chi connectivity index (χ1v) is 5.53. The summed E-state index contributed by atoms with van der Waals surface area (Å²) in [6.45, 7) is -0.0505. The van der Waals surface area contributed by atoms with Crippen LogP contribution in [0.4, 0.5) is 13.2 Å². The van der Waals surface area contributed by atoms with Gasteiger partial charge >= 0.3 is 12.1 Å². The number of alkyl halides is 3. The Labute approximate surface area is 107 Å². The number of carbonyl (C=O) groups is 1. The molecule has 0 aromatic heterocycles.